The van der Waals surface area contributed by atoms with Crippen LogP contribution in [0.15, 0.2) is 24.5 Å². The van der Waals surface area contributed by atoms with Crippen LogP contribution in [0.3, 0.4) is 0 Å². The molecule has 0 fully saturated rings. The van der Waals surface area contributed by atoms with E-state index in [0.717, 1.165) is 16.9 Å². The van der Waals surface area contributed by atoms with E-state index in [4.69, 9.17) is 5.73 Å². The van der Waals surface area contributed by atoms with Crippen molar-refractivity contribution in [2.75, 3.05) is 11.9 Å². The number of tetrazole rings is 1. The zero-order valence-electron chi connectivity index (χ0n) is 12.5. The van der Waals surface area contributed by atoms with Gasteiger partial charge in [-0.3, -0.25) is 4.79 Å². The lowest BCUT2D eigenvalue weighted by Crippen LogP contribution is -2.39. The van der Waals surface area contributed by atoms with Crippen molar-refractivity contribution < 1.29 is 4.79 Å². The van der Waals surface area contributed by atoms with Crippen LogP contribution in [-0.4, -0.2) is 32.7 Å². The van der Waals surface area contributed by atoms with Gasteiger partial charge in [-0.15, -0.1) is 5.10 Å². The zero-order valence-corrected chi connectivity index (χ0v) is 12.5. The second-order valence-electron chi connectivity index (χ2n) is 5.33. The highest BCUT2D eigenvalue weighted by atomic mass is 16.2. The average Bonchev–Trinajstić information content (AvgIpc) is 3.00. The van der Waals surface area contributed by atoms with Gasteiger partial charge in [0.2, 0.25) is 5.91 Å². The van der Waals surface area contributed by atoms with Crippen LogP contribution in [0.4, 0.5) is 5.69 Å². The highest BCUT2D eigenvalue weighted by Crippen LogP contribution is 2.23. The van der Waals surface area contributed by atoms with E-state index in [2.05, 4.69) is 20.8 Å². The highest BCUT2D eigenvalue weighted by molar-refractivity contribution is 5.95. The summed E-state index contributed by atoms with van der Waals surface area (Å²) in [6, 6.07) is 5.59. The lowest BCUT2D eigenvalue weighted by molar-refractivity contribution is -0.124. The van der Waals surface area contributed by atoms with Gasteiger partial charge in [-0.1, -0.05) is 6.92 Å². The van der Waals surface area contributed by atoms with Crippen molar-refractivity contribution in [2.45, 2.75) is 27.2 Å². The Balaban J connectivity index is 2.20. The Hall–Kier alpha value is -2.28. The fourth-order valence-corrected chi connectivity index (χ4v) is 1.94. The van der Waals surface area contributed by atoms with Crippen molar-refractivity contribution in [2.24, 2.45) is 11.1 Å². The summed E-state index contributed by atoms with van der Waals surface area (Å²) in [6.07, 6.45) is 2.22. The fourth-order valence-electron chi connectivity index (χ4n) is 1.94. The monoisotopic (exact) mass is 288 g/mol. The summed E-state index contributed by atoms with van der Waals surface area (Å²) in [5.74, 6) is -0.0675. The number of aryl methyl sites for hydroxylation is 1. The Morgan fingerprint density at radius 2 is 2.24 bits per heavy atom. The number of carbonyl (C=O) groups excluding carboxylic acids is 1. The molecule has 0 saturated carbocycles. The van der Waals surface area contributed by atoms with Crippen molar-refractivity contribution >= 4 is 11.6 Å². The first kappa shape index (κ1) is 15.1. The van der Waals surface area contributed by atoms with Crippen LogP contribution >= 0.6 is 0 Å². The minimum atomic E-state index is -0.553. The number of nitrogens with one attached hydrogen (secondary N) is 1. The maximum Gasteiger partial charge on any atom is 0.231 e. The third kappa shape index (κ3) is 3.08. The van der Waals surface area contributed by atoms with E-state index in [0.29, 0.717) is 13.0 Å². The summed E-state index contributed by atoms with van der Waals surface area (Å²) in [4.78, 5) is 12.3. The van der Waals surface area contributed by atoms with E-state index >= 15 is 0 Å². The number of nitrogens with two attached hydrogens (primary N) is 1. The van der Waals surface area contributed by atoms with Gasteiger partial charge in [0.15, 0.2) is 0 Å². The summed E-state index contributed by atoms with van der Waals surface area (Å²) in [7, 11) is 0. The molecular formula is C14H20N6O. The standard InChI is InChI=1S/C14H20N6O/c1-4-14(3,8-15)13(21)17-11-5-6-12(10(2)7-11)20-9-16-18-19-20/h5-7,9H,4,8,15H2,1-3H3,(H,17,21). The van der Waals surface area contributed by atoms with E-state index < -0.39 is 5.41 Å². The smallest absolute Gasteiger partial charge is 0.231 e. The number of anilines is 1. The summed E-state index contributed by atoms with van der Waals surface area (Å²) >= 11 is 0. The number of benzene rings is 1. The summed E-state index contributed by atoms with van der Waals surface area (Å²) < 4.78 is 1.58. The van der Waals surface area contributed by atoms with Gasteiger partial charge in [-0.25, -0.2) is 4.68 Å². The number of hydrogen-bond donors (Lipinski definition) is 2. The highest BCUT2D eigenvalue weighted by Gasteiger charge is 2.29. The summed E-state index contributed by atoms with van der Waals surface area (Å²) in [5.41, 5.74) is 7.72. The Bertz CT molecular complexity index is 618. The number of rotatable bonds is 5. The van der Waals surface area contributed by atoms with Crippen molar-refractivity contribution in [3.63, 3.8) is 0 Å². The van der Waals surface area contributed by atoms with Crippen LogP contribution in [0, 0.1) is 12.3 Å². The van der Waals surface area contributed by atoms with Crippen LogP contribution in [0.1, 0.15) is 25.8 Å². The Kier molecular flexibility index (Phi) is 4.32. The number of aromatic nitrogens is 4. The van der Waals surface area contributed by atoms with Gasteiger partial charge in [0.1, 0.15) is 6.33 Å². The van der Waals surface area contributed by atoms with Crippen LogP contribution in [0.5, 0.6) is 0 Å². The first-order valence-corrected chi connectivity index (χ1v) is 6.85. The van der Waals surface area contributed by atoms with Gasteiger partial charge in [-0.2, -0.15) is 0 Å². The molecule has 3 N–H and O–H groups in total. The molecule has 0 saturated heterocycles. The van der Waals surface area contributed by atoms with Gasteiger partial charge in [0.25, 0.3) is 0 Å². The molecule has 1 atom stereocenters. The first-order chi connectivity index (χ1) is 10.00. The molecule has 2 rings (SSSR count). The molecular weight excluding hydrogens is 268 g/mol. The molecule has 0 bridgehead atoms. The fraction of sp³-hybridized carbons (Fsp3) is 0.429. The lowest BCUT2D eigenvalue weighted by Gasteiger charge is -2.25. The van der Waals surface area contributed by atoms with Crippen LogP contribution < -0.4 is 11.1 Å². The molecule has 1 amide bonds. The topological polar surface area (TPSA) is 98.7 Å². The second kappa shape index (κ2) is 6.01. The molecule has 1 unspecified atom stereocenters. The molecule has 21 heavy (non-hydrogen) atoms. The van der Waals surface area contributed by atoms with Crippen molar-refractivity contribution in [3.05, 3.63) is 30.1 Å². The average molecular weight is 288 g/mol. The molecule has 1 aromatic heterocycles. The Morgan fingerprint density at radius 3 is 2.76 bits per heavy atom. The van der Waals surface area contributed by atoms with Crippen LogP contribution in [0.2, 0.25) is 0 Å². The molecule has 1 heterocycles. The molecule has 7 heteroatoms. The molecule has 0 radical (unpaired) electrons. The number of nitrogens with zero attached hydrogens (tertiary/aromatic N) is 4. The molecule has 0 spiro atoms. The zero-order chi connectivity index (χ0) is 15.5. The number of amides is 1. The quantitative estimate of drug-likeness (QED) is 0.863. The molecule has 7 nitrogen and oxygen atoms in total. The Morgan fingerprint density at radius 1 is 1.48 bits per heavy atom. The van der Waals surface area contributed by atoms with Crippen LogP contribution in [-0.2, 0) is 4.79 Å². The van der Waals surface area contributed by atoms with Crippen molar-refractivity contribution in [1.29, 1.82) is 0 Å². The molecule has 1 aromatic carbocycles. The number of carbonyl (C=O) groups is 1. The maximum atomic E-state index is 12.3. The third-order valence-electron chi connectivity index (χ3n) is 3.83. The van der Waals surface area contributed by atoms with Gasteiger partial charge in [-0.05, 0) is 54.5 Å². The van der Waals surface area contributed by atoms with Crippen molar-refractivity contribution in [3.8, 4) is 5.69 Å². The first-order valence-electron chi connectivity index (χ1n) is 6.85. The van der Waals surface area contributed by atoms with Gasteiger partial charge >= 0.3 is 0 Å². The molecule has 0 aliphatic rings. The van der Waals surface area contributed by atoms with E-state index in [1.54, 1.807) is 4.68 Å². The number of hydrogen-bond acceptors (Lipinski definition) is 5. The van der Waals surface area contributed by atoms with E-state index in [1.165, 1.54) is 6.33 Å². The third-order valence-corrected chi connectivity index (χ3v) is 3.83. The predicted molar refractivity (Wildman–Crippen MR) is 80.0 cm³/mol. The predicted octanol–water partition coefficient (Wildman–Crippen LogP) is 1.28. The summed E-state index contributed by atoms with van der Waals surface area (Å²) in [5, 5.41) is 14.0. The largest absolute Gasteiger partial charge is 0.329 e. The minimum Gasteiger partial charge on any atom is -0.329 e. The van der Waals surface area contributed by atoms with Crippen LogP contribution in [0.25, 0.3) is 5.69 Å². The van der Waals surface area contributed by atoms with E-state index in [9.17, 15) is 4.79 Å². The molecule has 0 aliphatic carbocycles. The minimum absolute atomic E-state index is 0.0675. The van der Waals surface area contributed by atoms with E-state index in [1.807, 2.05) is 39.0 Å². The molecule has 0 aliphatic heterocycles. The molecule has 2 aromatic rings. The van der Waals surface area contributed by atoms with Gasteiger partial charge < -0.3 is 11.1 Å². The lowest BCUT2D eigenvalue weighted by atomic mass is 9.86. The summed E-state index contributed by atoms with van der Waals surface area (Å²) in [6.45, 7) is 6.08. The maximum absolute atomic E-state index is 12.3. The van der Waals surface area contributed by atoms with Gasteiger partial charge in [0, 0.05) is 12.2 Å². The SMILES string of the molecule is CCC(C)(CN)C(=O)Nc1ccc(-n2cnnn2)c(C)c1. The van der Waals surface area contributed by atoms with E-state index in [-0.39, 0.29) is 5.91 Å². The second-order valence-corrected chi connectivity index (χ2v) is 5.33. The van der Waals surface area contributed by atoms with Crippen molar-refractivity contribution in [1.82, 2.24) is 20.2 Å². The molecule has 112 valence electrons. The van der Waals surface area contributed by atoms with Gasteiger partial charge in [0.05, 0.1) is 11.1 Å². The normalized spacial score (nSPS) is 13.7. The Labute approximate surface area is 123 Å².